The molecular formula is C16H35N. The summed E-state index contributed by atoms with van der Waals surface area (Å²) in [4.78, 5) is 2.42. The summed E-state index contributed by atoms with van der Waals surface area (Å²) in [5.41, 5.74) is 0. The van der Waals surface area contributed by atoms with E-state index in [1.54, 1.807) is 0 Å². The van der Waals surface area contributed by atoms with E-state index in [0.29, 0.717) is 0 Å². The number of hydrogen-bond donors (Lipinski definition) is 0. The summed E-state index contributed by atoms with van der Waals surface area (Å²) in [5, 5.41) is 0. The van der Waals surface area contributed by atoms with E-state index in [1.807, 2.05) is 0 Å². The summed E-state index contributed by atoms with van der Waals surface area (Å²) < 4.78 is 0. The maximum Gasteiger partial charge on any atom is -0.00218 e. The lowest BCUT2D eigenvalue weighted by Gasteiger charge is -2.18. The third-order valence-electron chi connectivity index (χ3n) is 3.99. The fourth-order valence-electron chi connectivity index (χ4n) is 2.40. The summed E-state index contributed by atoms with van der Waals surface area (Å²) in [6, 6.07) is 0. The lowest BCUT2D eigenvalue weighted by Crippen LogP contribution is -2.19. The van der Waals surface area contributed by atoms with Crippen molar-refractivity contribution < 1.29 is 0 Å². The molecule has 104 valence electrons. The molecule has 0 saturated carbocycles. The third-order valence-corrected chi connectivity index (χ3v) is 3.99. The van der Waals surface area contributed by atoms with E-state index in [2.05, 4.69) is 32.7 Å². The summed E-state index contributed by atoms with van der Waals surface area (Å²) in [5.74, 6) is 0.988. The van der Waals surface area contributed by atoms with Crippen LogP contribution < -0.4 is 0 Å². The normalized spacial score (nSPS) is 13.2. The molecule has 0 aliphatic carbocycles. The van der Waals surface area contributed by atoms with Crippen molar-refractivity contribution >= 4 is 0 Å². The van der Waals surface area contributed by atoms with Crippen LogP contribution in [0, 0.1) is 5.92 Å². The fourth-order valence-corrected chi connectivity index (χ4v) is 2.40. The van der Waals surface area contributed by atoms with E-state index in [-0.39, 0.29) is 0 Å². The second-order valence-electron chi connectivity index (χ2n) is 5.52. The lowest BCUT2D eigenvalue weighted by molar-refractivity contribution is 0.315. The largest absolute Gasteiger partial charge is 0.307 e. The summed E-state index contributed by atoms with van der Waals surface area (Å²) in [6.45, 7) is 9.36. The Hall–Kier alpha value is -0.0400. The van der Waals surface area contributed by atoms with Crippen LogP contribution in [0.3, 0.4) is 0 Å². The van der Waals surface area contributed by atoms with Crippen molar-refractivity contribution in [3.8, 4) is 0 Å². The van der Waals surface area contributed by atoms with Crippen LogP contribution in [0.5, 0.6) is 0 Å². The van der Waals surface area contributed by atoms with Crippen molar-refractivity contribution in [2.75, 3.05) is 20.1 Å². The van der Waals surface area contributed by atoms with Crippen molar-refractivity contribution in [2.24, 2.45) is 5.92 Å². The molecule has 0 aromatic heterocycles. The molecule has 1 heteroatoms. The van der Waals surface area contributed by atoms with Gasteiger partial charge < -0.3 is 4.90 Å². The highest BCUT2D eigenvalue weighted by Gasteiger charge is 2.06. The average Bonchev–Trinajstić information content (AvgIpc) is 2.36. The van der Waals surface area contributed by atoms with Gasteiger partial charge in [-0.25, -0.2) is 0 Å². The molecule has 0 amide bonds. The van der Waals surface area contributed by atoms with Crippen LogP contribution in [0.1, 0.15) is 78.6 Å². The van der Waals surface area contributed by atoms with Crippen LogP contribution >= 0.6 is 0 Å². The maximum absolute atomic E-state index is 2.42. The average molecular weight is 241 g/mol. The summed E-state index contributed by atoms with van der Waals surface area (Å²) >= 11 is 0. The topological polar surface area (TPSA) is 3.24 Å². The van der Waals surface area contributed by atoms with Gasteiger partial charge in [0.25, 0.3) is 0 Å². The Morgan fingerprint density at radius 3 is 2.06 bits per heavy atom. The van der Waals surface area contributed by atoms with Gasteiger partial charge in [0.15, 0.2) is 0 Å². The molecule has 1 nitrogen and oxygen atoms in total. The molecule has 0 aliphatic heterocycles. The summed E-state index contributed by atoms with van der Waals surface area (Å²) in [7, 11) is 2.23. The van der Waals surface area contributed by atoms with Gasteiger partial charge >= 0.3 is 0 Å². The molecule has 0 aromatic rings. The molecule has 0 rings (SSSR count). The van der Waals surface area contributed by atoms with Gasteiger partial charge in [-0.3, -0.25) is 0 Å². The molecule has 0 heterocycles. The van der Waals surface area contributed by atoms with Gasteiger partial charge in [-0.1, -0.05) is 65.7 Å². The van der Waals surface area contributed by atoms with Gasteiger partial charge in [0.2, 0.25) is 0 Å². The molecule has 17 heavy (non-hydrogen) atoms. The minimum atomic E-state index is 0.988. The predicted octanol–water partition coefficient (Wildman–Crippen LogP) is 5.11. The SMILES string of the molecule is CCCCCCCC(CC)CCCN(C)CC. The molecule has 0 radical (unpaired) electrons. The molecule has 1 atom stereocenters. The van der Waals surface area contributed by atoms with E-state index in [1.165, 1.54) is 70.9 Å². The first-order valence-corrected chi connectivity index (χ1v) is 7.93. The smallest absolute Gasteiger partial charge is 0.00218 e. The standard InChI is InChI=1S/C16H35N/c1-5-8-9-10-11-13-16(6-2)14-12-15-17(4)7-3/h16H,5-15H2,1-4H3. The zero-order chi connectivity index (χ0) is 12.9. The Bertz CT molecular complexity index is 144. The first-order chi connectivity index (χ1) is 8.24. The van der Waals surface area contributed by atoms with Crippen molar-refractivity contribution in [1.82, 2.24) is 4.90 Å². The van der Waals surface area contributed by atoms with Crippen molar-refractivity contribution in [3.63, 3.8) is 0 Å². The van der Waals surface area contributed by atoms with Crippen LogP contribution in [0.2, 0.25) is 0 Å². The van der Waals surface area contributed by atoms with E-state index < -0.39 is 0 Å². The Kier molecular flexibility index (Phi) is 12.4. The van der Waals surface area contributed by atoms with Crippen molar-refractivity contribution in [1.29, 1.82) is 0 Å². The zero-order valence-electron chi connectivity index (χ0n) is 12.8. The second kappa shape index (κ2) is 12.4. The van der Waals surface area contributed by atoms with Crippen LogP contribution in [0.15, 0.2) is 0 Å². The number of nitrogens with zero attached hydrogens (tertiary/aromatic N) is 1. The fraction of sp³-hybridized carbons (Fsp3) is 1.00. The monoisotopic (exact) mass is 241 g/mol. The highest BCUT2D eigenvalue weighted by atomic mass is 15.1. The Labute approximate surface area is 110 Å². The van der Waals surface area contributed by atoms with Gasteiger partial charge in [-0.05, 0) is 38.9 Å². The van der Waals surface area contributed by atoms with Crippen LogP contribution in [-0.4, -0.2) is 25.0 Å². The van der Waals surface area contributed by atoms with Crippen LogP contribution in [-0.2, 0) is 0 Å². The molecule has 0 spiro atoms. The first kappa shape index (κ1) is 17.0. The number of unbranched alkanes of at least 4 members (excludes halogenated alkanes) is 4. The zero-order valence-corrected chi connectivity index (χ0v) is 12.8. The highest BCUT2D eigenvalue weighted by molar-refractivity contribution is 4.60. The highest BCUT2D eigenvalue weighted by Crippen LogP contribution is 2.19. The van der Waals surface area contributed by atoms with Gasteiger partial charge in [0.05, 0.1) is 0 Å². The molecule has 0 saturated heterocycles. The summed E-state index contributed by atoms with van der Waals surface area (Å²) in [6.07, 6.45) is 12.8. The van der Waals surface area contributed by atoms with Gasteiger partial charge in [0.1, 0.15) is 0 Å². The van der Waals surface area contributed by atoms with E-state index in [4.69, 9.17) is 0 Å². The Morgan fingerprint density at radius 1 is 0.824 bits per heavy atom. The molecule has 0 N–H and O–H groups in total. The van der Waals surface area contributed by atoms with Crippen molar-refractivity contribution in [3.05, 3.63) is 0 Å². The predicted molar refractivity (Wildman–Crippen MR) is 79.6 cm³/mol. The van der Waals surface area contributed by atoms with E-state index in [9.17, 15) is 0 Å². The van der Waals surface area contributed by atoms with E-state index >= 15 is 0 Å². The molecule has 0 fully saturated rings. The third kappa shape index (κ3) is 10.8. The quantitative estimate of drug-likeness (QED) is 0.429. The lowest BCUT2D eigenvalue weighted by atomic mass is 9.93. The number of rotatable bonds is 12. The first-order valence-electron chi connectivity index (χ1n) is 7.93. The minimum Gasteiger partial charge on any atom is -0.307 e. The van der Waals surface area contributed by atoms with E-state index in [0.717, 1.165) is 5.92 Å². The van der Waals surface area contributed by atoms with Crippen LogP contribution in [0.25, 0.3) is 0 Å². The Balaban J connectivity index is 3.42. The Morgan fingerprint density at radius 2 is 1.47 bits per heavy atom. The molecule has 1 unspecified atom stereocenters. The van der Waals surface area contributed by atoms with Gasteiger partial charge in [-0.2, -0.15) is 0 Å². The molecule has 0 bridgehead atoms. The minimum absolute atomic E-state index is 0.988. The van der Waals surface area contributed by atoms with Crippen molar-refractivity contribution in [2.45, 2.75) is 78.6 Å². The van der Waals surface area contributed by atoms with Crippen LogP contribution in [0.4, 0.5) is 0 Å². The molecule has 0 aromatic carbocycles. The maximum atomic E-state index is 2.42. The second-order valence-corrected chi connectivity index (χ2v) is 5.52. The molecular weight excluding hydrogens is 206 g/mol. The van der Waals surface area contributed by atoms with Gasteiger partial charge in [0, 0.05) is 0 Å². The van der Waals surface area contributed by atoms with Gasteiger partial charge in [-0.15, -0.1) is 0 Å². The molecule has 0 aliphatic rings. The number of hydrogen-bond acceptors (Lipinski definition) is 1.